The molecule has 19 heavy (non-hydrogen) atoms. The minimum Gasteiger partial charge on any atom is -0.497 e. The maximum atomic E-state index is 6.15. The van der Waals surface area contributed by atoms with Crippen LogP contribution in [0.4, 0.5) is 17.1 Å². The predicted octanol–water partition coefficient (Wildman–Crippen LogP) is 4.64. The van der Waals surface area contributed by atoms with Gasteiger partial charge in [0, 0.05) is 11.8 Å². The van der Waals surface area contributed by atoms with Gasteiger partial charge in [-0.15, -0.1) is 0 Å². The van der Waals surface area contributed by atoms with Crippen molar-refractivity contribution in [3.63, 3.8) is 0 Å². The second-order valence-electron chi connectivity index (χ2n) is 4.16. The van der Waals surface area contributed by atoms with E-state index in [0.717, 1.165) is 22.7 Å². The molecule has 0 aromatic heterocycles. The number of nitrogen functional groups attached to an aromatic ring is 1. The minimum atomic E-state index is 0.507. The van der Waals surface area contributed by atoms with Crippen molar-refractivity contribution < 1.29 is 4.74 Å². The summed E-state index contributed by atoms with van der Waals surface area (Å²) in [6.07, 6.45) is 0. The first-order valence-electron chi connectivity index (χ1n) is 5.67. The third-order valence-corrected chi connectivity index (χ3v) is 3.44. The minimum absolute atomic E-state index is 0.507. The normalized spacial score (nSPS) is 10.3. The van der Waals surface area contributed by atoms with Crippen molar-refractivity contribution in [3.8, 4) is 5.75 Å². The summed E-state index contributed by atoms with van der Waals surface area (Å²) in [6.45, 7) is 1.95. The number of rotatable bonds is 3. The van der Waals surface area contributed by atoms with Crippen molar-refractivity contribution in [2.75, 3.05) is 18.2 Å². The fourth-order valence-electron chi connectivity index (χ4n) is 1.71. The number of hydrogen-bond donors (Lipinski definition) is 2. The summed E-state index contributed by atoms with van der Waals surface area (Å²) in [4.78, 5) is 0. The average molecular weight is 297 g/mol. The number of anilines is 3. The van der Waals surface area contributed by atoms with Crippen LogP contribution in [0.15, 0.2) is 30.3 Å². The third-order valence-electron chi connectivity index (χ3n) is 2.79. The predicted molar refractivity (Wildman–Crippen MR) is 81.9 cm³/mol. The summed E-state index contributed by atoms with van der Waals surface area (Å²) in [6, 6.07) is 9.00. The number of aryl methyl sites for hydroxylation is 1. The monoisotopic (exact) mass is 296 g/mol. The molecule has 2 aromatic carbocycles. The number of nitrogens with two attached hydrogens (primary N) is 1. The van der Waals surface area contributed by atoms with E-state index in [2.05, 4.69) is 5.32 Å². The molecule has 0 heterocycles. The molecule has 0 saturated carbocycles. The highest BCUT2D eigenvalue weighted by Crippen LogP contribution is 2.33. The van der Waals surface area contributed by atoms with Gasteiger partial charge >= 0.3 is 0 Å². The van der Waals surface area contributed by atoms with Crippen LogP contribution in [0.1, 0.15) is 5.56 Å². The summed E-state index contributed by atoms with van der Waals surface area (Å²) in [5.74, 6) is 0.728. The van der Waals surface area contributed by atoms with Crippen LogP contribution in [-0.4, -0.2) is 7.11 Å². The van der Waals surface area contributed by atoms with Gasteiger partial charge in [-0.25, -0.2) is 0 Å². The zero-order valence-electron chi connectivity index (χ0n) is 10.6. The number of benzene rings is 2. The quantitative estimate of drug-likeness (QED) is 0.812. The molecule has 3 nitrogen and oxygen atoms in total. The van der Waals surface area contributed by atoms with Crippen LogP contribution >= 0.6 is 23.2 Å². The molecule has 0 unspecified atom stereocenters. The third kappa shape index (κ3) is 3.06. The van der Waals surface area contributed by atoms with Gasteiger partial charge in [-0.05, 0) is 36.8 Å². The SMILES string of the molecule is COc1ccc(Cl)c(Nc2cc(Cl)c(N)cc2C)c1. The lowest BCUT2D eigenvalue weighted by molar-refractivity contribution is 0.415. The van der Waals surface area contributed by atoms with Crippen molar-refractivity contribution in [1.82, 2.24) is 0 Å². The molecule has 3 N–H and O–H groups in total. The molecule has 0 radical (unpaired) electrons. The Morgan fingerprint density at radius 1 is 1.05 bits per heavy atom. The van der Waals surface area contributed by atoms with Crippen LogP contribution in [-0.2, 0) is 0 Å². The Kier molecular flexibility index (Phi) is 4.08. The first kappa shape index (κ1) is 13.8. The van der Waals surface area contributed by atoms with Gasteiger partial charge in [-0.3, -0.25) is 0 Å². The first-order valence-corrected chi connectivity index (χ1v) is 6.43. The summed E-state index contributed by atoms with van der Waals surface area (Å²) >= 11 is 12.2. The van der Waals surface area contributed by atoms with E-state index < -0.39 is 0 Å². The molecule has 0 atom stereocenters. The Bertz CT molecular complexity index is 615. The van der Waals surface area contributed by atoms with Gasteiger partial charge in [0.1, 0.15) is 5.75 Å². The van der Waals surface area contributed by atoms with Gasteiger partial charge in [0.15, 0.2) is 0 Å². The summed E-state index contributed by atoms with van der Waals surface area (Å²) in [5, 5.41) is 4.34. The standard InChI is InChI=1S/C14H14Cl2N2O/c1-8-5-12(17)11(16)7-13(8)18-14-6-9(19-2)3-4-10(14)15/h3-7,18H,17H2,1-2H3. The topological polar surface area (TPSA) is 47.3 Å². The zero-order chi connectivity index (χ0) is 14.0. The van der Waals surface area contributed by atoms with E-state index in [9.17, 15) is 0 Å². The second-order valence-corrected chi connectivity index (χ2v) is 4.97. The van der Waals surface area contributed by atoms with Crippen molar-refractivity contribution in [3.05, 3.63) is 45.9 Å². The van der Waals surface area contributed by atoms with E-state index >= 15 is 0 Å². The summed E-state index contributed by atoms with van der Waals surface area (Å²) < 4.78 is 5.18. The molecule has 2 aromatic rings. The number of hydrogen-bond acceptors (Lipinski definition) is 3. The van der Waals surface area contributed by atoms with Crippen molar-refractivity contribution >= 4 is 40.3 Å². The summed E-state index contributed by atoms with van der Waals surface area (Å²) in [7, 11) is 1.61. The van der Waals surface area contributed by atoms with Crippen LogP contribution in [0.2, 0.25) is 10.0 Å². The lowest BCUT2D eigenvalue weighted by Crippen LogP contribution is -1.97. The molecule has 5 heteroatoms. The smallest absolute Gasteiger partial charge is 0.121 e. The molecular weight excluding hydrogens is 283 g/mol. The summed E-state index contributed by atoms with van der Waals surface area (Å²) in [5.41, 5.74) is 8.91. The average Bonchev–Trinajstić information content (AvgIpc) is 2.38. The number of ether oxygens (including phenoxy) is 1. The number of nitrogens with one attached hydrogen (secondary N) is 1. The molecule has 0 bridgehead atoms. The van der Waals surface area contributed by atoms with Crippen molar-refractivity contribution in [2.45, 2.75) is 6.92 Å². The van der Waals surface area contributed by atoms with Crippen LogP contribution < -0.4 is 15.8 Å². The van der Waals surface area contributed by atoms with Gasteiger partial charge in [0.25, 0.3) is 0 Å². The second kappa shape index (κ2) is 5.59. The molecule has 0 spiro atoms. The molecule has 0 aliphatic carbocycles. The molecule has 0 fully saturated rings. The van der Waals surface area contributed by atoms with Crippen LogP contribution in [0.5, 0.6) is 5.75 Å². The molecule has 0 saturated heterocycles. The van der Waals surface area contributed by atoms with Gasteiger partial charge in [-0.2, -0.15) is 0 Å². The number of methoxy groups -OCH3 is 1. The zero-order valence-corrected chi connectivity index (χ0v) is 12.1. The van der Waals surface area contributed by atoms with E-state index in [1.165, 1.54) is 0 Å². The molecule has 0 aliphatic heterocycles. The molecular formula is C14H14Cl2N2O. The largest absolute Gasteiger partial charge is 0.497 e. The highest BCUT2D eigenvalue weighted by Gasteiger charge is 2.07. The Morgan fingerprint density at radius 3 is 2.47 bits per heavy atom. The lowest BCUT2D eigenvalue weighted by atomic mass is 10.1. The van der Waals surface area contributed by atoms with Crippen molar-refractivity contribution in [1.29, 1.82) is 0 Å². The van der Waals surface area contributed by atoms with Gasteiger partial charge < -0.3 is 15.8 Å². The molecule has 0 aliphatic rings. The molecule has 0 amide bonds. The highest BCUT2D eigenvalue weighted by atomic mass is 35.5. The fraction of sp³-hybridized carbons (Fsp3) is 0.143. The van der Waals surface area contributed by atoms with E-state index in [-0.39, 0.29) is 0 Å². The Balaban J connectivity index is 2.38. The maximum Gasteiger partial charge on any atom is 0.121 e. The van der Waals surface area contributed by atoms with Gasteiger partial charge in [0.2, 0.25) is 0 Å². The lowest BCUT2D eigenvalue weighted by Gasteiger charge is -2.13. The Hall–Kier alpha value is -1.58. The van der Waals surface area contributed by atoms with Crippen molar-refractivity contribution in [2.24, 2.45) is 0 Å². The Labute approximate surface area is 122 Å². The van der Waals surface area contributed by atoms with Crippen LogP contribution in [0, 0.1) is 6.92 Å². The van der Waals surface area contributed by atoms with E-state index in [0.29, 0.717) is 15.7 Å². The van der Waals surface area contributed by atoms with Crippen LogP contribution in [0.3, 0.4) is 0 Å². The fourth-order valence-corrected chi connectivity index (χ4v) is 2.04. The number of halogens is 2. The van der Waals surface area contributed by atoms with E-state index in [4.69, 9.17) is 33.7 Å². The molecule has 100 valence electrons. The first-order chi connectivity index (χ1) is 9.01. The van der Waals surface area contributed by atoms with Crippen LogP contribution in [0.25, 0.3) is 0 Å². The maximum absolute atomic E-state index is 6.15. The van der Waals surface area contributed by atoms with E-state index in [1.54, 1.807) is 25.3 Å². The van der Waals surface area contributed by atoms with Gasteiger partial charge in [0.05, 0.1) is 28.5 Å². The molecule has 2 rings (SSSR count). The Morgan fingerprint density at radius 2 is 1.79 bits per heavy atom. The van der Waals surface area contributed by atoms with Gasteiger partial charge in [-0.1, -0.05) is 23.2 Å². The van der Waals surface area contributed by atoms with E-state index in [1.807, 2.05) is 19.1 Å². The highest BCUT2D eigenvalue weighted by molar-refractivity contribution is 6.34.